The average molecular weight is 236 g/mol. The summed E-state index contributed by atoms with van der Waals surface area (Å²) >= 11 is 0. The van der Waals surface area contributed by atoms with Gasteiger partial charge in [-0.25, -0.2) is 4.39 Å². The molecular weight excluding hydrogens is 223 g/mol. The molecule has 0 aliphatic carbocycles. The highest BCUT2D eigenvalue weighted by atomic mass is 19.1. The van der Waals surface area contributed by atoms with Crippen LogP contribution in [0.3, 0.4) is 0 Å². The summed E-state index contributed by atoms with van der Waals surface area (Å²) in [5.41, 5.74) is 5.85. The standard InChI is InChI=1S/C12H13FN2O2/c1-7-3-2-4-9(11(7)13)15-6-8(12(14)17)5-10(15)16/h2-4,8H,5-6H2,1H3,(H2,14,17). The lowest BCUT2D eigenvalue weighted by Crippen LogP contribution is -2.29. The first-order valence-electron chi connectivity index (χ1n) is 5.35. The monoisotopic (exact) mass is 236 g/mol. The van der Waals surface area contributed by atoms with Crippen molar-refractivity contribution < 1.29 is 14.0 Å². The van der Waals surface area contributed by atoms with Crippen LogP contribution in [-0.4, -0.2) is 18.4 Å². The summed E-state index contributed by atoms with van der Waals surface area (Å²) in [6.07, 6.45) is 0.0582. The predicted octanol–water partition coefficient (Wildman–Crippen LogP) is 0.972. The summed E-state index contributed by atoms with van der Waals surface area (Å²) in [5.74, 6) is -1.74. The fourth-order valence-electron chi connectivity index (χ4n) is 1.97. The Balaban J connectivity index is 2.32. The second kappa shape index (κ2) is 4.16. The number of anilines is 1. The second-order valence-corrected chi connectivity index (χ2v) is 4.22. The number of carbonyl (C=O) groups is 2. The van der Waals surface area contributed by atoms with Crippen LogP contribution in [0, 0.1) is 18.7 Å². The van der Waals surface area contributed by atoms with Crippen LogP contribution in [0.4, 0.5) is 10.1 Å². The molecule has 2 rings (SSSR count). The zero-order valence-electron chi connectivity index (χ0n) is 9.44. The maximum Gasteiger partial charge on any atom is 0.227 e. The molecule has 1 unspecified atom stereocenters. The molecule has 1 atom stereocenters. The minimum atomic E-state index is -0.526. The van der Waals surface area contributed by atoms with Crippen molar-refractivity contribution in [3.63, 3.8) is 0 Å². The van der Waals surface area contributed by atoms with Gasteiger partial charge >= 0.3 is 0 Å². The molecule has 0 radical (unpaired) electrons. The first-order valence-corrected chi connectivity index (χ1v) is 5.35. The highest BCUT2D eigenvalue weighted by molar-refractivity contribution is 6.00. The third kappa shape index (κ3) is 2.00. The Morgan fingerprint density at radius 3 is 2.82 bits per heavy atom. The van der Waals surface area contributed by atoms with Crippen LogP contribution in [0.2, 0.25) is 0 Å². The van der Waals surface area contributed by atoms with E-state index in [1.165, 1.54) is 11.0 Å². The first-order chi connectivity index (χ1) is 8.00. The molecule has 1 aromatic rings. The van der Waals surface area contributed by atoms with Gasteiger partial charge in [0.2, 0.25) is 11.8 Å². The Morgan fingerprint density at radius 1 is 1.53 bits per heavy atom. The van der Waals surface area contributed by atoms with Crippen molar-refractivity contribution in [2.45, 2.75) is 13.3 Å². The Kier molecular flexibility index (Phi) is 2.83. The number of nitrogens with zero attached hydrogens (tertiary/aromatic N) is 1. The maximum atomic E-state index is 13.8. The van der Waals surface area contributed by atoms with Gasteiger partial charge in [-0.1, -0.05) is 12.1 Å². The molecule has 0 aromatic heterocycles. The van der Waals surface area contributed by atoms with Crippen LogP contribution in [0.1, 0.15) is 12.0 Å². The topological polar surface area (TPSA) is 63.4 Å². The molecule has 1 heterocycles. The number of nitrogens with two attached hydrogens (primary N) is 1. The van der Waals surface area contributed by atoms with Gasteiger partial charge < -0.3 is 10.6 Å². The van der Waals surface area contributed by atoms with Gasteiger partial charge in [0, 0.05) is 13.0 Å². The average Bonchev–Trinajstić information content (AvgIpc) is 2.65. The first kappa shape index (κ1) is 11.6. The van der Waals surface area contributed by atoms with Crippen LogP contribution in [0.15, 0.2) is 18.2 Å². The fourth-order valence-corrected chi connectivity index (χ4v) is 1.97. The highest BCUT2D eigenvalue weighted by Gasteiger charge is 2.35. The molecule has 1 aliphatic rings. The van der Waals surface area contributed by atoms with Crippen molar-refractivity contribution in [3.8, 4) is 0 Å². The Labute approximate surface area is 98.2 Å². The van der Waals surface area contributed by atoms with Gasteiger partial charge in [0.25, 0.3) is 0 Å². The fraction of sp³-hybridized carbons (Fsp3) is 0.333. The molecule has 0 saturated carbocycles. The molecule has 0 spiro atoms. The van der Waals surface area contributed by atoms with E-state index in [9.17, 15) is 14.0 Å². The molecule has 0 bridgehead atoms. The minimum absolute atomic E-state index is 0.0582. The number of primary amides is 1. The summed E-state index contributed by atoms with van der Waals surface area (Å²) < 4.78 is 13.8. The number of rotatable bonds is 2. The minimum Gasteiger partial charge on any atom is -0.369 e. The van der Waals surface area contributed by atoms with Crippen molar-refractivity contribution in [1.29, 1.82) is 0 Å². The molecule has 1 fully saturated rings. The molecule has 1 aromatic carbocycles. The summed E-state index contributed by atoms with van der Waals surface area (Å²) in [4.78, 5) is 24.0. The Morgan fingerprint density at radius 2 is 2.24 bits per heavy atom. The second-order valence-electron chi connectivity index (χ2n) is 4.22. The number of carbonyl (C=O) groups excluding carboxylic acids is 2. The van der Waals surface area contributed by atoms with Gasteiger partial charge in [-0.2, -0.15) is 0 Å². The molecule has 1 aliphatic heterocycles. The molecule has 90 valence electrons. The number of aryl methyl sites for hydroxylation is 1. The molecular formula is C12H13FN2O2. The summed E-state index contributed by atoms with van der Waals surface area (Å²) in [5, 5.41) is 0. The molecule has 17 heavy (non-hydrogen) atoms. The molecule has 2 N–H and O–H groups in total. The predicted molar refractivity (Wildman–Crippen MR) is 60.8 cm³/mol. The number of benzene rings is 1. The van der Waals surface area contributed by atoms with E-state index >= 15 is 0 Å². The van der Waals surface area contributed by atoms with Crippen molar-refractivity contribution in [2.24, 2.45) is 11.7 Å². The molecule has 5 heteroatoms. The van der Waals surface area contributed by atoms with Crippen molar-refractivity contribution in [1.82, 2.24) is 0 Å². The van der Waals surface area contributed by atoms with E-state index < -0.39 is 17.6 Å². The zero-order valence-corrected chi connectivity index (χ0v) is 9.44. The number of amides is 2. The van der Waals surface area contributed by atoms with E-state index in [-0.39, 0.29) is 24.6 Å². The number of halogens is 1. The molecule has 4 nitrogen and oxygen atoms in total. The normalized spacial score (nSPS) is 19.8. The van der Waals surface area contributed by atoms with E-state index in [4.69, 9.17) is 5.73 Å². The smallest absolute Gasteiger partial charge is 0.227 e. The summed E-state index contributed by atoms with van der Waals surface area (Å²) in [6.45, 7) is 1.79. The lowest BCUT2D eigenvalue weighted by Gasteiger charge is -2.17. The van der Waals surface area contributed by atoms with Crippen LogP contribution in [-0.2, 0) is 9.59 Å². The van der Waals surface area contributed by atoms with Crippen LogP contribution in [0.25, 0.3) is 0 Å². The maximum absolute atomic E-state index is 13.8. The lowest BCUT2D eigenvalue weighted by atomic mass is 10.1. The van der Waals surface area contributed by atoms with Crippen LogP contribution in [0.5, 0.6) is 0 Å². The van der Waals surface area contributed by atoms with Gasteiger partial charge in [0.05, 0.1) is 11.6 Å². The lowest BCUT2D eigenvalue weighted by molar-refractivity contribution is -0.123. The van der Waals surface area contributed by atoms with E-state index in [0.29, 0.717) is 5.56 Å². The van der Waals surface area contributed by atoms with Gasteiger partial charge in [-0.15, -0.1) is 0 Å². The van der Waals surface area contributed by atoms with Crippen LogP contribution >= 0.6 is 0 Å². The van der Waals surface area contributed by atoms with Gasteiger partial charge in [0.1, 0.15) is 5.82 Å². The summed E-state index contributed by atoms with van der Waals surface area (Å²) in [7, 11) is 0. The highest BCUT2D eigenvalue weighted by Crippen LogP contribution is 2.28. The van der Waals surface area contributed by atoms with Crippen LogP contribution < -0.4 is 10.6 Å². The zero-order chi connectivity index (χ0) is 12.6. The van der Waals surface area contributed by atoms with Gasteiger partial charge in [-0.3, -0.25) is 9.59 Å². The SMILES string of the molecule is Cc1cccc(N2CC(C(N)=O)CC2=O)c1F. The van der Waals surface area contributed by atoms with Crippen molar-refractivity contribution >= 4 is 17.5 Å². The van der Waals surface area contributed by atoms with Crippen molar-refractivity contribution in [3.05, 3.63) is 29.6 Å². The third-order valence-corrected chi connectivity index (χ3v) is 2.99. The van der Waals surface area contributed by atoms with Crippen molar-refractivity contribution in [2.75, 3.05) is 11.4 Å². The summed E-state index contributed by atoms with van der Waals surface area (Å²) in [6, 6.07) is 4.84. The van der Waals surface area contributed by atoms with Gasteiger partial charge in [-0.05, 0) is 18.6 Å². The molecule has 1 saturated heterocycles. The van der Waals surface area contributed by atoms with E-state index in [2.05, 4.69) is 0 Å². The number of hydrogen-bond acceptors (Lipinski definition) is 2. The quantitative estimate of drug-likeness (QED) is 0.831. The molecule has 2 amide bonds. The Hall–Kier alpha value is -1.91. The van der Waals surface area contributed by atoms with Gasteiger partial charge in [0.15, 0.2) is 0 Å². The van der Waals surface area contributed by atoms with E-state index in [0.717, 1.165) is 0 Å². The van der Waals surface area contributed by atoms with E-state index in [1.807, 2.05) is 0 Å². The number of hydrogen-bond donors (Lipinski definition) is 1. The Bertz CT molecular complexity index is 487. The third-order valence-electron chi connectivity index (χ3n) is 2.99. The largest absolute Gasteiger partial charge is 0.369 e. The van der Waals surface area contributed by atoms with E-state index in [1.54, 1.807) is 19.1 Å².